The quantitative estimate of drug-likeness (QED) is 0.733. The van der Waals surface area contributed by atoms with Gasteiger partial charge >= 0.3 is 0 Å². The molecule has 0 aromatic rings. The van der Waals surface area contributed by atoms with E-state index in [4.69, 9.17) is 0 Å². The molecule has 1 heteroatoms. The van der Waals surface area contributed by atoms with E-state index in [0.29, 0.717) is 11.3 Å². The molecule has 0 radical (unpaired) electrons. The Balaban J connectivity index is 1.96. The van der Waals surface area contributed by atoms with Crippen molar-refractivity contribution >= 4 is 0 Å². The maximum Gasteiger partial charge on any atom is 0.0673 e. The van der Waals surface area contributed by atoms with Crippen molar-refractivity contribution in [2.45, 2.75) is 77.2 Å². The third-order valence-electron chi connectivity index (χ3n) is 5.37. The summed E-state index contributed by atoms with van der Waals surface area (Å²) in [5.41, 5.74) is 0.322. The minimum absolute atomic E-state index is 0.331. The lowest BCUT2D eigenvalue weighted by atomic mass is 9.64. The van der Waals surface area contributed by atoms with Gasteiger partial charge in [-0.3, -0.25) is 0 Å². The summed E-state index contributed by atoms with van der Waals surface area (Å²) in [7, 11) is 0. The first-order valence-corrected chi connectivity index (χ1v) is 6.83. The van der Waals surface area contributed by atoms with Crippen molar-refractivity contribution in [3.05, 3.63) is 0 Å². The Morgan fingerprint density at radius 2 is 1.53 bits per heavy atom. The molecular weight excluding hydrogens is 184 g/mol. The summed E-state index contributed by atoms with van der Waals surface area (Å²) in [6.07, 6.45) is 11.5. The van der Waals surface area contributed by atoms with Gasteiger partial charge < -0.3 is 5.11 Å². The highest BCUT2D eigenvalue weighted by Gasteiger charge is 2.44. The van der Waals surface area contributed by atoms with Gasteiger partial charge in [-0.2, -0.15) is 0 Å². The third-order valence-corrected chi connectivity index (χ3v) is 5.37. The topological polar surface area (TPSA) is 20.2 Å². The Bertz CT molecular complexity index is 205. The van der Waals surface area contributed by atoms with Gasteiger partial charge in [-0.15, -0.1) is 0 Å². The van der Waals surface area contributed by atoms with Gasteiger partial charge in [0.1, 0.15) is 0 Å². The summed E-state index contributed by atoms with van der Waals surface area (Å²) < 4.78 is 0. The van der Waals surface area contributed by atoms with E-state index in [1.165, 1.54) is 38.5 Å². The first-order chi connectivity index (χ1) is 7.10. The van der Waals surface area contributed by atoms with Crippen LogP contribution in [0, 0.1) is 11.3 Å². The summed E-state index contributed by atoms with van der Waals surface area (Å²) in [4.78, 5) is 0. The molecule has 0 amide bonds. The Hall–Kier alpha value is -0.0400. The molecule has 0 saturated heterocycles. The second-order valence-corrected chi connectivity index (χ2v) is 6.12. The van der Waals surface area contributed by atoms with Gasteiger partial charge in [0.25, 0.3) is 0 Å². The highest BCUT2D eigenvalue weighted by molar-refractivity contribution is 4.96. The molecule has 2 aliphatic rings. The summed E-state index contributed by atoms with van der Waals surface area (Å²) in [6.45, 7) is 4.41. The monoisotopic (exact) mass is 210 g/mol. The van der Waals surface area contributed by atoms with Crippen molar-refractivity contribution in [3.63, 3.8) is 0 Å². The maximum atomic E-state index is 10.6. The number of hydrogen-bond donors (Lipinski definition) is 1. The first kappa shape index (κ1) is 11.4. The van der Waals surface area contributed by atoms with Crippen molar-refractivity contribution in [1.29, 1.82) is 0 Å². The lowest BCUT2D eigenvalue weighted by Crippen LogP contribution is -2.42. The first-order valence-electron chi connectivity index (χ1n) is 6.83. The van der Waals surface area contributed by atoms with Crippen molar-refractivity contribution in [2.24, 2.45) is 11.3 Å². The lowest BCUT2D eigenvalue weighted by molar-refractivity contribution is -0.0723. The van der Waals surface area contributed by atoms with Crippen molar-refractivity contribution in [2.75, 3.05) is 0 Å². The van der Waals surface area contributed by atoms with E-state index in [0.717, 1.165) is 19.3 Å². The molecule has 1 atom stereocenters. The minimum atomic E-state index is -0.331. The van der Waals surface area contributed by atoms with Gasteiger partial charge in [-0.05, 0) is 49.9 Å². The molecule has 88 valence electrons. The molecule has 0 aromatic carbocycles. The number of aliphatic hydroxyl groups is 1. The molecule has 2 rings (SSSR count). The molecule has 2 saturated carbocycles. The molecule has 2 aliphatic carbocycles. The molecule has 0 aliphatic heterocycles. The van der Waals surface area contributed by atoms with E-state index in [1.54, 1.807) is 0 Å². The Morgan fingerprint density at radius 3 is 2.00 bits per heavy atom. The molecule has 1 unspecified atom stereocenters. The zero-order valence-corrected chi connectivity index (χ0v) is 10.4. The molecule has 0 heterocycles. The van der Waals surface area contributed by atoms with Crippen LogP contribution in [0.5, 0.6) is 0 Å². The van der Waals surface area contributed by atoms with E-state index in [-0.39, 0.29) is 5.60 Å². The van der Waals surface area contributed by atoms with Crippen LogP contribution in [0.25, 0.3) is 0 Å². The standard InChI is InChI=1S/C14H26O/c1-3-12(2)14(15)10-8-13(9-11-14)6-4-5-7-13/h12,15H,3-11H2,1-2H3. The van der Waals surface area contributed by atoms with Crippen LogP contribution in [0.3, 0.4) is 0 Å². The van der Waals surface area contributed by atoms with Crippen molar-refractivity contribution in [3.8, 4) is 0 Å². The van der Waals surface area contributed by atoms with Crippen LogP contribution in [0.1, 0.15) is 71.6 Å². The lowest BCUT2D eigenvalue weighted by Gasteiger charge is -2.45. The van der Waals surface area contributed by atoms with Crippen LogP contribution >= 0.6 is 0 Å². The van der Waals surface area contributed by atoms with Gasteiger partial charge in [0.2, 0.25) is 0 Å². The average molecular weight is 210 g/mol. The Morgan fingerprint density at radius 1 is 1.00 bits per heavy atom. The van der Waals surface area contributed by atoms with Crippen molar-refractivity contribution in [1.82, 2.24) is 0 Å². The van der Waals surface area contributed by atoms with E-state index < -0.39 is 0 Å². The fraction of sp³-hybridized carbons (Fsp3) is 1.00. The molecule has 0 aromatic heterocycles. The van der Waals surface area contributed by atoms with Crippen LogP contribution in [0.4, 0.5) is 0 Å². The SMILES string of the molecule is CCC(C)C1(O)CCC2(CCCC2)CC1. The van der Waals surface area contributed by atoms with Crippen LogP contribution < -0.4 is 0 Å². The van der Waals surface area contributed by atoms with E-state index in [1.807, 2.05) is 0 Å². The number of hydrogen-bond acceptors (Lipinski definition) is 1. The molecule has 0 bridgehead atoms. The molecule has 1 spiro atoms. The smallest absolute Gasteiger partial charge is 0.0673 e. The van der Waals surface area contributed by atoms with E-state index >= 15 is 0 Å². The Kier molecular flexibility index (Phi) is 3.12. The highest BCUT2D eigenvalue weighted by Crippen LogP contribution is 2.52. The predicted octanol–water partition coefficient (Wildman–Crippen LogP) is 3.90. The van der Waals surface area contributed by atoms with Gasteiger partial charge in [0.05, 0.1) is 5.60 Å². The fourth-order valence-electron chi connectivity index (χ4n) is 3.71. The summed E-state index contributed by atoms with van der Waals surface area (Å²) in [5, 5.41) is 10.6. The summed E-state index contributed by atoms with van der Waals surface area (Å²) in [6, 6.07) is 0. The average Bonchev–Trinajstić information content (AvgIpc) is 2.71. The van der Waals surface area contributed by atoms with Crippen LogP contribution in [-0.4, -0.2) is 10.7 Å². The van der Waals surface area contributed by atoms with Crippen molar-refractivity contribution < 1.29 is 5.11 Å². The zero-order chi connectivity index (χ0) is 10.9. The maximum absolute atomic E-state index is 10.6. The number of rotatable bonds is 2. The molecule has 15 heavy (non-hydrogen) atoms. The van der Waals surface area contributed by atoms with Gasteiger partial charge in [-0.1, -0.05) is 33.1 Å². The molecule has 2 fully saturated rings. The molecule has 1 N–H and O–H groups in total. The highest BCUT2D eigenvalue weighted by atomic mass is 16.3. The predicted molar refractivity (Wildman–Crippen MR) is 63.8 cm³/mol. The minimum Gasteiger partial charge on any atom is -0.390 e. The normalized spacial score (nSPS) is 30.6. The van der Waals surface area contributed by atoms with Gasteiger partial charge in [-0.25, -0.2) is 0 Å². The van der Waals surface area contributed by atoms with E-state index in [9.17, 15) is 5.11 Å². The fourth-order valence-corrected chi connectivity index (χ4v) is 3.71. The largest absolute Gasteiger partial charge is 0.390 e. The van der Waals surface area contributed by atoms with Crippen LogP contribution in [0.2, 0.25) is 0 Å². The van der Waals surface area contributed by atoms with Crippen LogP contribution in [-0.2, 0) is 0 Å². The van der Waals surface area contributed by atoms with E-state index in [2.05, 4.69) is 13.8 Å². The van der Waals surface area contributed by atoms with Crippen LogP contribution in [0.15, 0.2) is 0 Å². The molecular formula is C14H26O. The van der Waals surface area contributed by atoms with Gasteiger partial charge in [0.15, 0.2) is 0 Å². The third kappa shape index (κ3) is 2.08. The second-order valence-electron chi connectivity index (χ2n) is 6.12. The summed E-state index contributed by atoms with van der Waals surface area (Å²) >= 11 is 0. The van der Waals surface area contributed by atoms with Gasteiger partial charge in [0, 0.05) is 0 Å². The second kappa shape index (κ2) is 4.08. The molecule has 1 nitrogen and oxygen atoms in total. The summed E-state index contributed by atoms with van der Waals surface area (Å²) in [5.74, 6) is 0.483. The Labute approximate surface area is 94.3 Å². The zero-order valence-electron chi connectivity index (χ0n) is 10.4.